The van der Waals surface area contributed by atoms with Crippen LogP contribution in [-0.2, 0) is 18.9 Å². The van der Waals surface area contributed by atoms with Crippen molar-refractivity contribution in [2.45, 2.75) is 115 Å². The third kappa shape index (κ3) is 5.14. The van der Waals surface area contributed by atoms with E-state index >= 15 is 0 Å². The van der Waals surface area contributed by atoms with E-state index in [0.717, 1.165) is 6.42 Å². The summed E-state index contributed by atoms with van der Waals surface area (Å²) in [7, 11) is 0. The number of aliphatic hydroxyl groups excluding tert-OH is 3. The zero-order valence-corrected chi connectivity index (χ0v) is 18.6. The zero-order valence-electron chi connectivity index (χ0n) is 19.6. The molecular weight excluding hydrogens is 376 g/mol. The first kappa shape index (κ1) is 21.9. The van der Waals surface area contributed by atoms with Crippen LogP contribution in [0.2, 0.25) is 0 Å². The van der Waals surface area contributed by atoms with Crippen molar-refractivity contribution >= 4 is 0 Å². The molecule has 29 heavy (non-hydrogen) atoms. The second-order valence-corrected chi connectivity index (χ2v) is 9.97. The lowest BCUT2D eigenvalue weighted by atomic mass is 9.69. The highest BCUT2D eigenvalue weighted by Gasteiger charge is 2.54. The maximum atomic E-state index is 11.0. The van der Waals surface area contributed by atoms with Gasteiger partial charge in [-0.15, -0.1) is 0 Å². The molecule has 0 radical (unpaired) electrons. The van der Waals surface area contributed by atoms with Crippen LogP contribution in [0.1, 0.15) is 62.2 Å². The molecule has 1 aliphatic carbocycles. The molecule has 0 spiro atoms. The zero-order chi connectivity index (χ0) is 22.4. The molecule has 0 aromatic rings. The van der Waals surface area contributed by atoms with Crippen molar-refractivity contribution in [2.24, 2.45) is 17.7 Å². The molecule has 2 heterocycles. The minimum absolute atomic E-state index is 0.0638. The van der Waals surface area contributed by atoms with Crippen molar-refractivity contribution in [3.8, 4) is 0 Å². The third-order valence-electron chi connectivity index (χ3n) is 6.54. The largest absolute Gasteiger partial charge is 0.390 e. The van der Waals surface area contributed by atoms with Crippen LogP contribution < -0.4 is 0 Å². The van der Waals surface area contributed by atoms with E-state index < -0.39 is 54.4 Å². The van der Waals surface area contributed by atoms with Crippen molar-refractivity contribution < 1.29 is 35.6 Å². The van der Waals surface area contributed by atoms with Gasteiger partial charge in [-0.05, 0) is 52.3 Å². The summed E-state index contributed by atoms with van der Waals surface area (Å²) >= 11 is 0. The minimum atomic E-state index is -1.14. The molecule has 3 aliphatic rings. The van der Waals surface area contributed by atoms with Gasteiger partial charge in [0.1, 0.15) is 12.2 Å². The molecular formula is C22H40O7. The molecule has 7 nitrogen and oxygen atoms in total. The molecule has 170 valence electrons. The molecule has 3 fully saturated rings. The van der Waals surface area contributed by atoms with E-state index in [9.17, 15) is 15.3 Å². The minimum Gasteiger partial charge on any atom is -0.390 e. The molecule has 0 bridgehead atoms. The highest BCUT2D eigenvalue weighted by Crippen LogP contribution is 2.43. The van der Waals surface area contributed by atoms with Crippen LogP contribution in [0.3, 0.4) is 0 Å². The van der Waals surface area contributed by atoms with E-state index in [0.29, 0.717) is 13.0 Å². The first-order valence-electron chi connectivity index (χ1n) is 11.5. The summed E-state index contributed by atoms with van der Waals surface area (Å²) < 4.78 is 32.8. The highest BCUT2D eigenvalue weighted by atomic mass is 16.7. The number of hydrogen-bond donors (Lipinski definition) is 3. The van der Waals surface area contributed by atoms with Crippen LogP contribution in [0.25, 0.3) is 0 Å². The van der Waals surface area contributed by atoms with Crippen molar-refractivity contribution in [1.82, 2.24) is 0 Å². The molecule has 11 unspecified atom stereocenters. The van der Waals surface area contributed by atoms with Crippen molar-refractivity contribution in [3.05, 3.63) is 0 Å². The van der Waals surface area contributed by atoms with Gasteiger partial charge in [-0.3, -0.25) is 0 Å². The van der Waals surface area contributed by atoms with E-state index in [1.807, 2.05) is 20.8 Å². The number of hydrogen-bond acceptors (Lipinski definition) is 7. The fourth-order valence-corrected chi connectivity index (χ4v) is 4.94. The maximum absolute atomic E-state index is 11.0. The van der Waals surface area contributed by atoms with Crippen LogP contribution in [0.15, 0.2) is 0 Å². The van der Waals surface area contributed by atoms with Gasteiger partial charge in [-0.1, -0.05) is 13.8 Å². The Morgan fingerprint density at radius 3 is 2.28 bits per heavy atom. The predicted molar refractivity (Wildman–Crippen MR) is 107 cm³/mol. The molecule has 3 N–H and O–H groups in total. The Hall–Kier alpha value is -0.280. The average molecular weight is 419 g/mol. The first-order chi connectivity index (χ1) is 13.8. The second kappa shape index (κ2) is 9.07. The van der Waals surface area contributed by atoms with Gasteiger partial charge in [0.25, 0.3) is 0 Å². The Labute approximate surface area is 176 Å². The van der Waals surface area contributed by atoms with Gasteiger partial charge in [-0.25, -0.2) is 0 Å². The summed E-state index contributed by atoms with van der Waals surface area (Å²) in [5.74, 6) is -1.39. The topological polar surface area (TPSA) is 97.6 Å². The SMILES string of the molecule is [3H]C1(C)CC(OC2C(O)C(O)C3CC(CC)OCC3C2OC(C)(C)C)OC(C)C1O. The van der Waals surface area contributed by atoms with E-state index in [1.54, 1.807) is 13.8 Å². The van der Waals surface area contributed by atoms with Gasteiger partial charge in [0.05, 0.1) is 42.7 Å². The van der Waals surface area contributed by atoms with Crippen LogP contribution >= 0.6 is 0 Å². The Morgan fingerprint density at radius 2 is 1.69 bits per heavy atom. The summed E-state index contributed by atoms with van der Waals surface area (Å²) in [4.78, 5) is 0. The Bertz CT molecular complexity index is 580. The number of rotatable bonds is 4. The summed E-state index contributed by atoms with van der Waals surface area (Å²) in [5.41, 5.74) is -0.485. The Kier molecular flexibility index (Phi) is 6.86. The lowest BCUT2D eigenvalue weighted by Crippen LogP contribution is -2.65. The van der Waals surface area contributed by atoms with Gasteiger partial charge >= 0.3 is 0 Å². The fraction of sp³-hybridized carbons (Fsp3) is 1.00. The van der Waals surface area contributed by atoms with E-state index in [1.165, 1.54) is 0 Å². The summed E-state index contributed by atoms with van der Waals surface area (Å²) in [5, 5.41) is 32.2. The predicted octanol–water partition coefficient (Wildman–Crippen LogP) is 1.85. The quantitative estimate of drug-likeness (QED) is 0.641. The van der Waals surface area contributed by atoms with Crippen LogP contribution in [0, 0.1) is 17.7 Å². The molecule has 2 saturated heterocycles. The summed E-state index contributed by atoms with van der Waals surface area (Å²) in [6, 6.07) is 0. The van der Waals surface area contributed by atoms with E-state index in [4.69, 9.17) is 20.3 Å². The van der Waals surface area contributed by atoms with E-state index in [-0.39, 0.29) is 24.4 Å². The number of aliphatic hydroxyl groups is 3. The normalized spacial score (nSPS) is 52.0. The van der Waals surface area contributed by atoms with Crippen molar-refractivity contribution in [1.29, 1.82) is 0 Å². The molecule has 0 aromatic carbocycles. The fourth-order valence-electron chi connectivity index (χ4n) is 4.94. The lowest BCUT2D eigenvalue weighted by Gasteiger charge is -2.53. The van der Waals surface area contributed by atoms with Gasteiger partial charge < -0.3 is 34.3 Å². The molecule has 3 rings (SSSR count). The number of ether oxygens (including phenoxy) is 4. The Morgan fingerprint density at radius 1 is 1.00 bits per heavy atom. The van der Waals surface area contributed by atoms with Crippen molar-refractivity contribution in [2.75, 3.05) is 6.61 Å². The van der Waals surface area contributed by atoms with Gasteiger partial charge in [-0.2, -0.15) is 0 Å². The average Bonchev–Trinajstić information content (AvgIpc) is 2.65. The summed E-state index contributed by atoms with van der Waals surface area (Å²) in [6.45, 7) is 11.7. The Balaban J connectivity index is 1.84. The smallest absolute Gasteiger partial charge is 0.159 e. The molecule has 11 atom stereocenters. The maximum Gasteiger partial charge on any atom is 0.159 e. The molecule has 2 aliphatic heterocycles. The lowest BCUT2D eigenvalue weighted by molar-refractivity contribution is -0.313. The molecule has 1 saturated carbocycles. The van der Waals surface area contributed by atoms with Crippen LogP contribution in [0.4, 0.5) is 0 Å². The van der Waals surface area contributed by atoms with Gasteiger partial charge in [0.15, 0.2) is 6.29 Å². The molecule has 0 amide bonds. The van der Waals surface area contributed by atoms with Crippen LogP contribution in [-0.4, -0.2) is 76.5 Å². The molecule has 0 aromatic heterocycles. The number of fused-ring (bicyclic) bond motifs is 1. The van der Waals surface area contributed by atoms with E-state index in [2.05, 4.69) is 6.92 Å². The van der Waals surface area contributed by atoms with Gasteiger partial charge in [0, 0.05) is 13.7 Å². The summed E-state index contributed by atoms with van der Waals surface area (Å²) in [6.07, 6.45) is -3.95. The molecule has 7 heteroatoms. The third-order valence-corrected chi connectivity index (χ3v) is 6.54. The highest BCUT2D eigenvalue weighted by molar-refractivity contribution is 5.02. The monoisotopic (exact) mass is 418 g/mol. The van der Waals surface area contributed by atoms with Gasteiger partial charge in [0.2, 0.25) is 0 Å². The first-order valence-corrected chi connectivity index (χ1v) is 11.0. The van der Waals surface area contributed by atoms with Crippen molar-refractivity contribution in [3.63, 3.8) is 0 Å². The van der Waals surface area contributed by atoms with Crippen LogP contribution in [0.5, 0.6) is 0 Å². The second-order valence-electron chi connectivity index (χ2n) is 9.97. The standard InChI is InChI=1S/C22H40O7/c1-7-13-9-14-15(10-26-13)20(29-22(4,5)6)21(19(25)18(14)24)28-16-8-11(2)17(23)12(3)27-16/h11-21,23-25H,7-10H2,1-6H3/i11T.